The van der Waals surface area contributed by atoms with Crippen molar-refractivity contribution in [1.82, 2.24) is 10.2 Å². The molecule has 2 aromatic carbocycles. The minimum atomic E-state index is -0.535. The van der Waals surface area contributed by atoms with E-state index in [-0.39, 0.29) is 5.75 Å². The van der Waals surface area contributed by atoms with Crippen LogP contribution in [0, 0.1) is 5.82 Å². The summed E-state index contributed by atoms with van der Waals surface area (Å²) in [5, 5.41) is 7.80. The molecule has 1 heterocycles. The van der Waals surface area contributed by atoms with Gasteiger partial charge in [0.1, 0.15) is 0 Å². The number of aryl methyl sites for hydroxylation is 2. The van der Waals surface area contributed by atoms with Crippen LogP contribution in [0.2, 0.25) is 5.02 Å². The molecule has 1 aromatic heterocycles. The summed E-state index contributed by atoms with van der Waals surface area (Å²) in [6.07, 6.45) is 1.52. The van der Waals surface area contributed by atoms with Gasteiger partial charge in [-0.25, -0.2) is 4.39 Å². The van der Waals surface area contributed by atoms with Crippen LogP contribution in [0.5, 0.6) is 5.75 Å². The zero-order chi connectivity index (χ0) is 19.4. The molecule has 3 aromatic rings. The average molecular weight is 388 g/mol. The summed E-state index contributed by atoms with van der Waals surface area (Å²) in [4.78, 5) is 12.0. The summed E-state index contributed by atoms with van der Waals surface area (Å²) in [5.41, 5.74) is 9.04. The second-order valence-electron chi connectivity index (χ2n) is 6.16. The van der Waals surface area contributed by atoms with Gasteiger partial charge in [-0.05, 0) is 48.2 Å². The molecule has 0 spiro atoms. The predicted molar refractivity (Wildman–Crippen MR) is 102 cm³/mol. The lowest BCUT2D eigenvalue weighted by Crippen LogP contribution is -2.15. The number of nitrogens with two attached hydrogens (primary N) is 1. The summed E-state index contributed by atoms with van der Waals surface area (Å²) in [6.45, 7) is 0. The van der Waals surface area contributed by atoms with Gasteiger partial charge in [0.15, 0.2) is 11.6 Å². The van der Waals surface area contributed by atoms with Gasteiger partial charge in [0.2, 0.25) is 0 Å². The van der Waals surface area contributed by atoms with Crippen molar-refractivity contribution in [2.75, 3.05) is 7.11 Å². The van der Waals surface area contributed by atoms with Crippen molar-refractivity contribution in [3.63, 3.8) is 0 Å². The number of ether oxygens (including phenoxy) is 1. The lowest BCUT2D eigenvalue weighted by Gasteiger charge is -2.06. The van der Waals surface area contributed by atoms with Crippen LogP contribution in [0.1, 0.15) is 32.9 Å². The van der Waals surface area contributed by atoms with Gasteiger partial charge < -0.3 is 10.5 Å². The van der Waals surface area contributed by atoms with Gasteiger partial charge >= 0.3 is 0 Å². The first-order valence-corrected chi connectivity index (χ1v) is 8.78. The van der Waals surface area contributed by atoms with E-state index in [2.05, 4.69) is 10.2 Å². The molecule has 0 aliphatic carbocycles. The van der Waals surface area contributed by atoms with E-state index in [4.69, 9.17) is 22.1 Å². The van der Waals surface area contributed by atoms with E-state index in [9.17, 15) is 9.18 Å². The molecule has 7 heteroatoms. The molecule has 1 amide bonds. The van der Waals surface area contributed by atoms with Gasteiger partial charge in [-0.2, -0.15) is 5.10 Å². The lowest BCUT2D eigenvalue weighted by atomic mass is 10.0. The third-order valence-corrected chi connectivity index (χ3v) is 4.53. The molecule has 0 fully saturated rings. The normalized spacial score (nSPS) is 10.8. The molecule has 140 valence electrons. The van der Waals surface area contributed by atoms with Crippen molar-refractivity contribution in [2.24, 2.45) is 5.73 Å². The number of halogens is 2. The van der Waals surface area contributed by atoms with Crippen LogP contribution in [-0.2, 0) is 19.3 Å². The predicted octanol–water partition coefficient (Wildman–Crippen LogP) is 3.69. The Balaban J connectivity index is 1.80. The van der Waals surface area contributed by atoms with Gasteiger partial charge in [0.05, 0.1) is 24.1 Å². The number of methoxy groups -OCH3 is 1. The molecule has 0 radical (unpaired) electrons. The number of nitrogens with zero attached hydrogens (tertiary/aromatic N) is 1. The monoisotopic (exact) mass is 387 g/mol. The molecule has 3 N–H and O–H groups in total. The molecule has 0 atom stereocenters. The highest BCUT2D eigenvalue weighted by atomic mass is 35.5. The van der Waals surface area contributed by atoms with Gasteiger partial charge in [-0.1, -0.05) is 29.8 Å². The molecular weight excluding hydrogens is 369 g/mol. The second kappa shape index (κ2) is 8.22. The third-order valence-electron chi connectivity index (χ3n) is 4.30. The SMILES string of the molecule is COc1cc(CCc2n[nH]c(Cc3cccc(Cl)c3)c2C(N)=O)ccc1F. The largest absolute Gasteiger partial charge is 0.494 e. The van der Waals surface area contributed by atoms with E-state index >= 15 is 0 Å². The van der Waals surface area contributed by atoms with Crippen LogP contribution in [0.25, 0.3) is 0 Å². The lowest BCUT2D eigenvalue weighted by molar-refractivity contribution is 0.0998. The number of primary amides is 1. The number of aromatic nitrogens is 2. The zero-order valence-corrected chi connectivity index (χ0v) is 15.5. The van der Waals surface area contributed by atoms with Gasteiger partial charge in [0, 0.05) is 11.4 Å². The van der Waals surface area contributed by atoms with Crippen molar-refractivity contribution in [1.29, 1.82) is 0 Å². The van der Waals surface area contributed by atoms with E-state index in [0.717, 1.165) is 11.1 Å². The van der Waals surface area contributed by atoms with Gasteiger partial charge in [-0.3, -0.25) is 9.89 Å². The number of rotatable bonds is 7. The molecule has 0 aliphatic heterocycles. The number of aromatic amines is 1. The van der Waals surface area contributed by atoms with Crippen molar-refractivity contribution in [3.05, 3.63) is 81.4 Å². The summed E-state index contributed by atoms with van der Waals surface area (Å²) in [5.74, 6) is -0.763. The highest BCUT2D eigenvalue weighted by Gasteiger charge is 2.18. The number of amides is 1. The molecule has 0 unspecified atom stereocenters. The quantitative estimate of drug-likeness (QED) is 0.648. The van der Waals surface area contributed by atoms with Crippen molar-refractivity contribution in [3.8, 4) is 5.75 Å². The van der Waals surface area contributed by atoms with Gasteiger partial charge in [0.25, 0.3) is 5.91 Å². The fourth-order valence-corrected chi connectivity index (χ4v) is 3.21. The number of H-pyrrole nitrogens is 1. The fraction of sp³-hybridized carbons (Fsp3) is 0.200. The van der Waals surface area contributed by atoms with Crippen LogP contribution in [0.3, 0.4) is 0 Å². The Kier molecular flexibility index (Phi) is 5.76. The minimum Gasteiger partial charge on any atom is -0.494 e. The summed E-state index contributed by atoms with van der Waals surface area (Å²) >= 11 is 6.02. The molecule has 3 rings (SSSR count). The summed E-state index contributed by atoms with van der Waals surface area (Å²) < 4.78 is 18.5. The summed E-state index contributed by atoms with van der Waals surface area (Å²) in [7, 11) is 1.42. The maximum Gasteiger partial charge on any atom is 0.252 e. The molecule has 0 saturated carbocycles. The minimum absolute atomic E-state index is 0.186. The van der Waals surface area contributed by atoms with E-state index < -0.39 is 11.7 Å². The standard InChI is InChI=1S/C20H19ClFN3O2/c1-27-18-11-12(5-7-15(18)22)6-8-16-19(20(23)26)17(25-24-16)10-13-3-2-4-14(21)9-13/h2-5,7,9,11H,6,8,10H2,1H3,(H2,23,26)(H,24,25). The molecule has 0 bridgehead atoms. The van der Waals surface area contributed by atoms with Crippen molar-refractivity contribution in [2.45, 2.75) is 19.3 Å². The number of benzene rings is 2. The van der Waals surface area contributed by atoms with E-state index in [0.29, 0.717) is 41.2 Å². The van der Waals surface area contributed by atoms with Crippen LogP contribution in [0.4, 0.5) is 4.39 Å². The molecular formula is C20H19ClFN3O2. The Morgan fingerprint density at radius 2 is 2.04 bits per heavy atom. The maximum absolute atomic E-state index is 13.5. The average Bonchev–Trinajstić information content (AvgIpc) is 3.03. The molecule has 0 saturated heterocycles. The Labute approximate surface area is 161 Å². The smallest absolute Gasteiger partial charge is 0.252 e. The highest BCUT2D eigenvalue weighted by Crippen LogP contribution is 2.22. The number of hydrogen-bond acceptors (Lipinski definition) is 3. The fourth-order valence-electron chi connectivity index (χ4n) is 2.99. The Morgan fingerprint density at radius 3 is 2.74 bits per heavy atom. The molecule has 5 nitrogen and oxygen atoms in total. The number of hydrogen-bond donors (Lipinski definition) is 2. The maximum atomic E-state index is 13.5. The van der Waals surface area contributed by atoms with Crippen molar-refractivity contribution >= 4 is 17.5 Å². The number of carbonyl (C=O) groups is 1. The first-order valence-electron chi connectivity index (χ1n) is 8.40. The number of nitrogens with one attached hydrogen (secondary N) is 1. The van der Waals surface area contributed by atoms with Crippen molar-refractivity contribution < 1.29 is 13.9 Å². The van der Waals surface area contributed by atoms with E-state index in [1.807, 2.05) is 18.2 Å². The summed E-state index contributed by atoms with van der Waals surface area (Å²) in [6, 6.07) is 12.1. The van der Waals surface area contributed by atoms with Crippen LogP contribution < -0.4 is 10.5 Å². The van der Waals surface area contributed by atoms with Crippen LogP contribution in [0.15, 0.2) is 42.5 Å². The van der Waals surface area contributed by atoms with Crippen LogP contribution in [-0.4, -0.2) is 23.2 Å². The zero-order valence-electron chi connectivity index (χ0n) is 14.8. The van der Waals surface area contributed by atoms with Crippen LogP contribution >= 0.6 is 11.6 Å². The Morgan fingerprint density at radius 1 is 1.22 bits per heavy atom. The van der Waals surface area contributed by atoms with Gasteiger partial charge in [-0.15, -0.1) is 0 Å². The topological polar surface area (TPSA) is 81.0 Å². The third kappa shape index (κ3) is 4.46. The highest BCUT2D eigenvalue weighted by molar-refractivity contribution is 6.30. The Hall–Kier alpha value is -2.86. The second-order valence-corrected chi connectivity index (χ2v) is 6.60. The molecule has 27 heavy (non-hydrogen) atoms. The molecule has 0 aliphatic rings. The van der Waals surface area contributed by atoms with E-state index in [1.165, 1.54) is 13.2 Å². The first-order chi connectivity index (χ1) is 13.0. The van der Waals surface area contributed by atoms with E-state index in [1.54, 1.807) is 18.2 Å². The number of carbonyl (C=O) groups excluding carboxylic acids is 1. The Bertz CT molecular complexity index is 972. The first kappa shape index (κ1) is 18.9.